The lowest BCUT2D eigenvalue weighted by Gasteiger charge is -2.13. The number of ether oxygens (including phenoxy) is 1. The zero-order valence-electron chi connectivity index (χ0n) is 10.2. The Morgan fingerprint density at radius 2 is 2.00 bits per heavy atom. The maximum atomic E-state index is 5.34. The van der Waals surface area contributed by atoms with Crippen LogP contribution >= 0.6 is 0 Å². The summed E-state index contributed by atoms with van der Waals surface area (Å²) < 4.78 is 10.5. The molecule has 2 rings (SSSR count). The number of hydrogen-bond donors (Lipinski definition) is 1. The first-order valence-corrected chi connectivity index (χ1v) is 5.51. The summed E-state index contributed by atoms with van der Waals surface area (Å²) in [5, 5.41) is 3.35. The molecule has 0 aliphatic carbocycles. The van der Waals surface area contributed by atoms with E-state index in [4.69, 9.17) is 9.15 Å². The smallest absolute Gasteiger partial charge is 0.181 e. The molecular formula is C13H16N2O2. The van der Waals surface area contributed by atoms with Gasteiger partial charge in [-0.25, -0.2) is 4.98 Å². The Morgan fingerprint density at radius 1 is 1.29 bits per heavy atom. The van der Waals surface area contributed by atoms with Crippen molar-refractivity contribution in [1.82, 2.24) is 4.98 Å². The van der Waals surface area contributed by atoms with E-state index in [2.05, 4.69) is 10.3 Å². The van der Waals surface area contributed by atoms with Crippen molar-refractivity contribution in [2.45, 2.75) is 19.9 Å². The summed E-state index contributed by atoms with van der Waals surface area (Å²) in [6, 6.07) is 7.87. The molecule has 0 amide bonds. The van der Waals surface area contributed by atoms with E-state index in [9.17, 15) is 0 Å². The number of aromatic nitrogens is 1. The van der Waals surface area contributed by atoms with Crippen molar-refractivity contribution in [3.05, 3.63) is 42.1 Å². The number of methoxy groups -OCH3 is 1. The first-order chi connectivity index (χ1) is 8.20. The molecule has 2 aromatic rings. The second kappa shape index (κ2) is 4.91. The first kappa shape index (κ1) is 11.5. The van der Waals surface area contributed by atoms with Gasteiger partial charge in [0.2, 0.25) is 0 Å². The van der Waals surface area contributed by atoms with Gasteiger partial charge >= 0.3 is 0 Å². The van der Waals surface area contributed by atoms with E-state index in [1.807, 2.05) is 38.1 Å². The fourth-order valence-electron chi connectivity index (χ4n) is 1.73. The highest BCUT2D eigenvalue weighted by atomic mass is 16.5. The Bertz CT molecular complexity index is 476. The Kier molecular flexibility index (Phi) is 3.32. The predicted octanol–water partition coefficient (Wildman–Crippen LogP) is 3.16. The lowest BCUT2D eigenvalue weighted by atomic mass is 10.2. The minimum absolute atomic E-state index is 0.0888. The molecule has 17 heavy (non-hydrogen) atoms. The van der Waals surface area contributed by atoms with Gasteiger partial charge in [0.05, 0.1) is 18.8 Å². The van der Waals surface area contributed by atoms with E-state index in [0.717, 1.165) is 22.9 Å². The van der Waals surface area contributed by atoms with Crippen molar-refractivity contribution in [3.63, 3.8) is 0 Å². The highest BCUT2D eigenvalue weighted by Crippen LogP contribution is 2.22. The zero-order chi connectivity index (χ0) is 12.3. The number of nitrogens with zero attached hydrogens (tertiary/aromatic N) is 1. The van der Waals surface area contributed by atoms with Crippen LogP contribution in [0.15, 0.2) is 35.1 Å². The monoisotopic (exact) mass is 232 g/mol. The topological polar surface area (TPSA) is 47.3 Å². The summed E-state index contributed by atoms with van der Waals surface area (Å²) in [6.45, 7) is 3.97. The minimum atomic E-state index is 0.0888. The third kappa shape index (κ3) is 2.58. The molecule has 1 N–H and O–H groups in total. The summed E-state index contributed by atoms with van der Waals surface area (Å²) in [5.74, 6) is 1.71. The lowest BCUT2D eigenvalue weighted by molar-refractivity contribution is 0.415. The second-order valence-electron chi connectivity index (χ2n) is 3.90. The Morgan fingerprint density at radius 3 is 2.53 bits per heavy atom. The summed E-state index contributed by atoms with van der Waals surface area (Å²) in [7, 11) is 1.66. The highest BCUT2D eigenvalue weighted by Gasteiger charge is 2.12. The quantitative estimate of drug-likeness (QED) is 0.879. The van der Waals surface area contributed by atoms with Crippen molar-refractivity contribution in [2.75, 3.05) is 12.4 Å². The molecule has 1 heterocycles. The molecule has 4 heteroatoms. The molecule has 0 aliphatic heterocycles. The predicted molar refractivity (Wildman–Crippen MR) is 66.3 cm³/mol. The van der Waals surface area contributed by atoms with Crippen LogP contribution in [0.2, 0.25) is 0 Å². The minimum Gasteiger partial charge on any atom is -0.497 e. The van der Waals surface area contributed by atoms with Gasteiger partial charge in [-0.1, -0.05) is 0 Å². The van der Waals surface area contributed by atoms with E-state index < -0.39 is 0 Å². The van der Waals surface area contributed by atoms with E-state index in [1.165, 1.54) is 6.39 Å². The summed E-state index contributed by atoms with van der Waals surface area (Å²) in [4.78, 5) is 4.08. The summed E-state index contributed by atoms with van der Waals surface area (Å²) in [6.07, 6.45) is 1.47. The lowest BCUT2D eigenvalue weighted by Crippen LogP contribution is -2.06. The molecule has 4 nitrogen and oxygen atoms in total. The van der Waals surface area contributed by atoms with E-state index in [1.54, 1.807) is 7.11 Å². The summed E-state index contributed by atoms with van der Waals surface area (Å²) in [5.41, 5.74) is 1.94. The molecule has 0 aliphatic rings. The van der Waals surface area contributed by atoms with Crippen molar-refractivity contribution in [2.24, 2.45) is 0 Å². The number of nitrogens with one attached hydrogen (secondary N) is 1. The van der Waals surface area contributed by atoms with Gasteiger partial charge in [0.15, 0.2) is 6.39 Å². The van der Waals surface area contributed by atoms with Crippen LogP contribution in [-0.2, 0) is 0 Å². The average molecular weight is 232 g/mol. The Hall–Kier alpha value is -1.97. The van der Waals surface area contributed by atoms with Gasteiger partial charge in [0.1, 0.15) is 11.5 Å². The van der Waals surface area contributed by atoms with Crippen LogP contribution in [0, 0.1) is 6.92 Å². The molecule has 0 radical (unpaired) electrons. The summed E-state index contributed by atoms with van der Waals surface area (Å²) >= 11 is 0. The normalized spacial score (nSPS) is 12.2. The van der Waals surface area contributed by atoms with Crippen LogP contribution in [0.5, 0.6) is 5.75 Å². The fraction of sp³-hybridized carbons (Fsp3) is 0.308. The van der Waals surface area contributed by atoms with Crippen molar-refractivity contribution in [3.8, 4) is 5.75 Å². The molecule has 0 fully saturated rings. The van der Waals surface area contributed by atoms with Crippen molar-refractivity contribution < 1.29 is 9.15 Å². The van der Waals surface area contributed by atoms with E-state index in [0.29, 0.717) is 0 Å². The molecule has 1 aromatic carbocycles. The van der Waals surface area contributed by atoms with Crippen LogP contribution in [0.1, 0.15) is 24.4 Å². The molecule has 1 unspecified atom stereocenters. The molecule has 0 bridgehead atoms. The number of hydrogen-bond acceptors (Lipinski definition) is 4. The number of rotatable bonds is 4. The fourth-order valence-corrected chi connectivity index (χ4v) is 1.73. The first-order valence-electron chi connectivity index (χ1n) is 5.51. The molecular weight excluding hydrogens is 216 g/mol. The molecule has 90 valence electrons. The molecule has 1 aromatic heterocycles. The van der Waals surface area contributed by atoms with Gasteiger partial charge in [-0.3, -0.25) is 0 Å². The Balaban J connectivity index is 2.07. The van der Waals surface area contributed by atoms with Gasteiger partial charge in [-0.2, -0.15) is 0 Å². The van der Waals surface area contributed by atoms with E-state index in [-0.39, 0.29) is 6.04 Å². The molecule has 0 saturated carbocycles. The Labute approximate surface area is 101 Å². The maximum absolute atomic E-state index is 5.34. The van der Waals surface area contributed by atoms with Crippen LogP contribution in [0.3, 0.4) is 0 Å². The largest absolute Gasteiger partial charge is 0.497 e. The van der Waals surface area contributed by atoms with Crippen LogP contribution in [-0.4, -0.2) is 12.1 Å². The van der Waals surface area contributed by atoms with Crippen molar-refractivity contribution in [1.29, 1.82) is 0 Å². The maximum Gasteiger partial charge on any atom is 0.181 e. The van der Waals surface area contributed by atoms with Crippen LogP contribution in [0.4, 0.5) is 5.69 Å². The standard InChI is InChI=1S/C13H16N2O2/c1-9-13(17-8-14-9)10(2)15-11-4-6-12(16-3)7-5-11/h4-8,10,15H,1-3H3. The van der Waals surface area contributed by atoms with E-state index >= 15 is 0 Å². The molecule has 1 atom stereocenters. The van der Waals surface area contributed by atoms with Gasteiger partial charge in [0.25, 0.3) is 0 Å². The third-order valence-electron chi connectivity index (χ3n) is 2.65. The number of oxazole rings is 1. The van der Waals surface area contributed by atoms with Gasteiger partial charge in [-0.15, -0.1) is 0 Å². The number of benzene rings is 1. The highest BCUT2D eigenvalue weighted by molar-refractivity contribution is 5.47. The molecule has 0 spiro atoms. The SMILES string of the molecule is COc1ccc(NC(C)c2ocnc2C)cc1. The zero-order valence-corrected chi connectivity index (χ0v) is 10.2. The van der Waals surface area contributed by atoms with Crippen LogP contribution < -0.4 is 10.1 Å². The second-order valence-corrected chi connectivity index (χ2v) is 3.90. The van der Waals surface area contributed by atoms with Crippen LogP contribution in [0.25, 0.3) is 0 Å². The molecule has 0 saturated heterocycles. The van der Waals surface area contributed by atoms with Gasteiger partial charge in [-0.05, 0) is 38.1 Å². The average Bonchev–Trinajstić information content (AvgIpc) is 2.76. The van der Waals surface area contributed by atoms with Crippen molar-refractivity contribution >= 4 is 5.69 Å². The third-order valence-corrected chi connectivity index (χ3v) is 2.65. The van der Waals surface area contributed by atoms with Gasteiger partial charge in [0, 0.05) is 5.69 Å². The number of anilines is 1. The number of aryl methyl sites for hydroxylation is 1. The van der Waals surface area contributed by atoms with Gasteiger partial charge < -0.3 is 14.5 Å².